The fourth-order valence-electron chi connectivity index (χ4n) is 3.22. The van der Waals surface area contributed by atoms with E-state index < -0.39 is 11.8 Å². The Morgan fingerprint density at radius 1 is 0.889 bits per heavy atom. The van der Waals surface area contributed by atoms with E-state index in [4.69, 9.17) is 5.73 Å². The van der Waals surface area contributed by atoms with E-state index in [0.29, 0.717) is 26.2 Å². The molecule has 0 bridgehead atoms. The van der Waals surface area contributed by atoms with Gasteiger partial charge in [-0.15, -0.1) is 0 Å². The van der Waals surface area contributed by atoms with Crippen LogP contribution in [0.25, 0.3) is 0 Å². The lowest BCUT2D eigenvalue weighted by Crippen LogP contribution is -2.52. The number of amides is 2. The van der Waals surface area contributed by atoms with Gasteiger partial charge in [0.2, 0.25) is 0 Å². The number of hydrogen-bond acceptors (Lipinski definition) is 4. The fourth-order valence-corrected chi connectivity index (χ4v) is 3.22. The van der Waals surface area contributed by atoms with E-state index in [1.807, 2.05) is 42.5 Å². The van der Waals surface area contributed by atoms with Crippen LogP contribution in [0.4, 0.5) is 0 Å². The first-order valence-corrected chi connectivity index (χ1v) is 9.27. The summed E-state index contributed by atoms with van der Waals surface area (Å²) < 4.78 is 0. The summed E-state index contributed by atoms with van der Waals surface area (Å²) in [6.07, 6.45) is 0. The average molecular weight is 366 g/mol. The number of carbonyl (C=O) groups is 2. The quantitative estimate of drug-likeness (QED) is 0.777. The first kappa shape index (κ1) is 19.1. The molecule has 0 aromatic heterocycles. The van der Waals surface area contributed by atoms with E-state index in [1.165, 1.54) is 5.56 Å². The third-order valence-corrected chi connectivity index (χ3v) is 4.78. The molecule has 1 saturated heterocycles. The maximum absolute atomic E-state index is 12.4. The van der Waals surface area contributed by atoms with E-state index in [1.54, 1.807) is 4.90 Å². The van der Waals surface area contributed by atoms with Gasteiger partial charge in [-0.3, -0.25) is 14.5 Å². The topological polar surface area (TPSA) is 78.7 Å². The van der Waals surface area contributed by atoms with Crippen LogP contribution in [0.15, 0.2) is 54.6 Å². The lowest BCUT2D eigenvalue weighted by Gasteiger charge is -2.34. The summed E-state index contributed by atoms with van der Waals surface area (Å²) in [6.45, 7) is 4.33. The van der Waals surface area contributed by atoms with E-state index >= 15 is 0 Å². The van der Waals surface area contributed by atoms with Gasteiger partial charge in [0.15, 0.2) is 0 Å². The predicted octanol–water partition coefficient (Wildman–Crippen LogP) is 1.11. The van der Waals surface area contributed by atoms with E-state index in [-0.39, 0.29) is 0 Å². The number of carbonyl (C=O) groups excluding carboxylic acids is 2. The normalized spacial score (nSPS) is 14.8. The van der Waals surface area contributed by atoms with Crippen molar-refractivity contribution in [2.24, 2.45) is 5.73 Å². The van der Waals surface area contributed by atoms with Gasteiger partial charge in [-0.05, 0) is 16.7 Å². The average Bonchev–Trinajstić information content (AvgIpc) is 2.73. The zero-order valence-corrected chi connectivity index (χ0v) is 15.4. The van der Waals surface area contributed by atoms with Crippen LogP contribution < -0.4 is 11.1 Å². The lowest BCUT2D eigenvalue weighted by molar-refractivity contribution is -0.147. The minimum Gasteiger partial charge on any atom is -0.344 e. The van der Waals surface area contributed by atoms with Crippen molar-refractivity contribution < 1.29 is 9.59 Å². The van der Waals surface area contributed by atoms with Crippen molar-refractivity contribution >= 4 is 11.8 Å². The molecule has 3 N–H and O–H groups in total. The van der Waals surface area contributed by atoms with Crippen LogP contribution in [0.2, 0.25) is 0 Å². The molecule has 2 amide bonds. The summed E-state index contributed by atoms with van der Waals surface area (Å²) in [5.74, 6) is -1.01. The van der Waals surface area contributed by atoms with Crippen molar-refractivity contribution in [2.45, 2.75) is 19.6 Å². The molecule has 0 saturated carbocycles. The molecule has 6 heteroatoms. The van der Waals surface area contributed by atoms with Crippen LogP contribution in [0.1, 0.15) is 16.7 Å². The molecule has 27 heavy (non-hydrogen) atoms. The number of nitrogens with zero attached hydrogens (tertiary/aromatic N) is 2. The first-order chi connectivity index (χ1) is 13.2. The smallest absolute Gasteiger partial charge is 0.311 e. The van der Waals surface area contributed by atoms with Crippen LogP contribution >= 0.6 is 0 Å². The molecule has 0 unspecified atom stereocenters. The molecule has 0 atom stereocenters. The second kappa shape index (κ2) is 9.30. The number of benzene rings is 2. The van der Waals surface area contributed by atoms with E-state index in [2.05, 4.69) is 22.3 Å². The molecule has 1 fully saturated rings. The molecule has 0 aliphatic carbocycles. The Hall–Kier alpha value is -2.70. The van der Waals surface area contributed by atoms with E-state index in [9.17, 15) is 9.59 Å². The standard InChI is InChI=1S/C21H26N4O2/c22-14-18-7-4-8-19(13-18)15-23-20(26)21(27)25-11-9-24(10-12-25)16-17-5-2-1-3-6-17/h1-8,13H,9-12,14-16,22H2,(H,23,26). The van der Waals surface area contributed by atoms with Gasteiger partial charge < -0.3 is 16.0 Å². The lowest BCUT2D eigenvalue weighted by atomic mass is 10.1. The Morgan fingerprint density at radius 2 is 1.56 bits per heavy atom. The van der Waals surface area contributed by atoms with Gasteiger partial charge >= 0.3 is 11.8 Å². The number of piperazine rings is 1. The highest BCUT2D eigenvalue weighted by molar-refractivity contribution is 6.35. The highest BCUT2D eigenvalue weighted by Crippen LogP contribution is 2.09. The molecule has 2 aromatic carbocycles. The first-order valence-electron chi connectivity index (χ1n) is 9.27. The number of rotatable bonds is 5. The van der Waals surface area contributed by atoms with Crippen LogP contribution in [-0.2, 0) is 29.2 Å². The molecule has 0 spiro atoms. The van der Waals surface area contributed by atoms with Crippen molar-refractivity contribution in [3.05, 3.63) is 71.3 Å². The molecule has 0 radical (unpaired) electrons. The van der Waals surface area contributed by atoms with Gasteiger partial charge in [0.05, 0.1) is 0 Å². The van der Waals surface area contributed by atoms with Crippen molar-refractivity contribution in [1.82, 2.24) is 15.1 Å². The Balaban J connectivity index is 1.44. The highest BCUT2D eigenvalue weighted by atomic mass is 16.2. The Morgan fingerprint density at radius 3 is 2.26 bits per heavy atom. The maximum atomic E-state index is 12.4. The van der Waals surface area contributed by atoms with Gasteiger partial charge in [0.1, 0.15) is 0 Å². The van der Waals surface area contributed by atoms with Crippen LogP contribution in [0.3, 0.4) is 0 Å². The molecule has 142 valence electrons. The van der Waals surface area contributed by atoms with Crippen LogP contribution in [0.5, 0.6) is 0 Å². The molecule has 6 nitrogen and oxygen atoms in total. The third-order valence-electron chi connectivity index (χ3n) is 4.78. The van der Waals surface area contributed by atoms with Crippen molar-refractivity contribution in [3.8, 4) is 0 Å². The molecule has 3 rings (SSSR count). The second-order valence-corrected chi connectivity index (χ2v) is 6.76. The maximum Gasteiger partial charge on any atom is 0.311 e. The third kappa shape index (κ3) is 5.39. The minimum absolute atomic E-state index is 0.326. The molecule has 1 aliphatic rings. The van der Waals surface area contributed by atoms with Gasteiger partial charge in [-0.2, -0.15) is 0 Å². The van der Waals surface area contributed by atoms with Crippen molar-refractivity contribution in [1.29, 1.82) is 0 Å². The Bertz CT molecular complexity index is 771. The summed E-state index contributed by atoms with van der Waals surface area (Å²) >= 11 is 0. The molecular weight excluding hydrogens is 340 g/mol. The Labute approximate surface area is 159 Å². The second-order valence-electron chi connectivity index (χ2n) is 6.76. The predicted molar refractivity (Wildman–Crippen MR) is 104 cm³/mol. The van der Waals surface area contributed by atoms with Gasteiger partial charge in [-0.25, -0.2) is 0 Å². The minimum atomic E-state index is -0.551. The summed E-state index contributed by atoms with van der Waals surface area (Å²) in [7, 11) is 0. The zero-order chi connectivity index (χ0) is 19.1. The van der Waals surface area contributed by atoms with Crippen molar-refractivity contribution in [3.63, 3.8) is 0 Å². The fraction of sp³-hybridized carbons (Fsp3) is 0.333. The monoisotopic (exact) mass is 366 g/mol. The largest absolute Gasteiger partial charge is 0.344 e. The van der Waals surface area contributed by atoms with Gasteiger partial charge in [0, 0.05) is 45.8 Å². The molecule has 2 aromatic rings. The van der Waals surface area contributed by atoms with Gasteiger partial charge in [0.25, 0.3) is 0 Å². The number of hydrogen-bond donors (Lipinski definition) is 2. The highest BCUT2D eigenvalue weighted by Gasteiger charge is 2.25. The molecular formula is C21H26N4O2. The zero-order valence-electron chi connectivity index (χ0n) is 15.4. The summed E-state index contributed by atoms with van der Waals surface area (Å²) in [5, 5.41) is 2.71. The van der Waals surface area contributed by atoms with Crippen LogP contribution in [0, 0.1) is 0 Å². The molecule has 1 aliphatic heterocycles. The van der Waals surface area contributed by atoms with Crippen molar-refractivity contribution in [2.75, 3.05) is 26.2 Å². The SMILES string of the molecule is NCc1cccc(CNC(=O)C(=O)N2CCN(Cc3ccccc3)CC2)c1. The van der Waals surface area contributed by atoms with Crippen LogP contribution in [-0.4, -0.2) is 47.8 Å². The summed E-state index contributed by atoms with van der Waals surface area (Å²) in [5.41, 5.74) is 8.83. The summed E-state index contributed by atoms with van der Waals surface area (Å²) in [4.78, 5) is 28.5. The Kier molecular flexibility index (Phi) is 6.57. The van der Waals surface area contributed by atoms with E-state index in [0.717, 1.165) is 30.8 Å². The summed E-state index contributed by atoms with van der Waals surface area (Å²) in [6, 6.07) is 18.0. The van der Waals surface area contributed by atoms with Gasteiger partial charge in [-0.1, -0.05) is 54.6 Å². The molecule has 1 heterocycles. The number of nitrogens with one attached hydrogen (secondary N) is 1. The number of nitrogens with two attached hydrogens (primary N) is 1.